The molecular formula is C11H29N3. The maximum Gasteiger partial charge on any atom is -0.00490 e. The molecule has 0 saturated carbocycles. The van der Waals surface area contributed by atoms with Crippen LogP contribution in [-0.4, -0.2) is 26.2 Å². The zero-order chi connectivity index (χ0) is 11.1. The summed E-state index contributed by atoms with van der Waals surface area (Å²) >= 11 is 0. The summed E-state index contributed by atoms with van der Waals surface area (Å²) in [7, 11) is 0. The van der Waals surface area contributed by atoms with Crippen LogP contribution < -0.4 is 16.8 Å². The number of nitrogens with one attached hydrogen (secondary N) is 1. The van der Waals surface area contributed by atoms with Crippen molar-refractivity contribution < 1.29 is 0 Å². The van der Waals surface area contributed by atoms with E-state index in [9.17, 15) is 0 Å². The fraction of sp³-hybridized carbons (Fsp3) is 1.00. The minimum Gasteiger partial charge on any atom is -0.330 e. The minimum absolute atomic E-state index is 0.719. The molecule has 0 aromatic rings. The van der Waals surface area contributed by atoms with E-state index >= 15 is 0 Å². The van der Waals surface area contributed by atoms with Crippen LogP contribution in [0.3, 0.4) is 0 Å². The van der Waals surface area contributed by atoms with E-state index in [1.807, 2.05) is 0 Å². The molecule has 0 aliphatic heterocycles. The minimum atomic E-state index is 0.719. The van der Waals surface area contributed by atoms with Gasteiger partial charge in [-0.15, -0.1) is 0 Å². The van der Waals surface area contributed by atoms with Gasteiger partial charge < -0.3 is 16.8 Å². The van der Waals surface area contributed by atoms with Crippen molar-refractivity contribution >= 4 is 0 Å². The highest BCUT2D eigenvalue weighted by molar-refractivity contribution is 4.45. The van der Waals surface area contributed by atoms with Crippen molar-refractivity contribution in [2.75, 3.05) is 26.2 Å². The van der Waals surface area contributed by atoms with Crippen LogP contribution in [0.2, 0.25) is 0 Å². The number of rotatable bonds is 8. The first-order valence-electron chi connectivity index (χ1n) is 5.94. The van der Waals surface area contributed by atoms with Crippen molar-refractivity contribution in [1.82, 2.24) is 5.32 Å². The van der Waals surface area contributed by atoms with Gasteiger partial charge in [-0.2, -0.15) is 0 Å². The Morgan fingerprint density at radius 2 is 1.21 bits per heavy atom. The summed E-state index contributed by atoms with van der Waals surface area (Å²) < 4.78 is 0. The molecule has 14 heavy (non-hydrogen) atoms. The van der Waals surface area contributed by atoms with Gasteiger partial charge >= 0.3 is 0 Å². The molecule has 0 aliphatic carbocycles. The lowest BCUT2D eigenvalue weighted by molar-refractivity contribution is 0.611. The van der Waals surface area contributed by atoms with Gasteiger partial charge in [0.15, 0.2) is 0 Å². The molecule has 0 bridgehead atoms. The van der Waals surface area contributed by atoms with E-state index in [2.05, 4.69) is 19.2 Å². The summed E-state index contributed by atoms with van der Waals surface area (Å²) in [4.78, 5) is 0. The molecule has 0 aromatic heterocycles. The van der Waals surface area contributed by atoms with Crippen molar-refractivity contribution in [1.29, 1.82) is 0 Å². The Balaban J connectivity index is 0. The summed E-state index contributed by atoms with van der Waals surface area (Å²) in [6.07, 6.45) is 6.20. The second-order valence-corrected chi connectivity index (χ2v) is 3.39. The summed E-state index contributed by atoms with van der Waals surface area (Å²) in [5.74, 6) is 0. The molecule has 88 valence electrons. The zero-order valence-corrected chi connectivity index (χ0v) is 10.0. The van der Waals surface area contributed by atoms with Gasteiger partial charge in [-0.25, -0.2) is 0 Å². The average Bonchev–Trinajstić information content (AvgIpc) is 2.20. The lowest BCUT2D eigenvalue weighted by Crippen LogP contribution is -2.15. The zero-order valence-electron chi connectivity index (χ0n) is 10.0. The van der Waals surface area contributed by atoms with Gasteiger partial charge in [0.25, 0.3) is 0 Å². The first kappa shape index (κ1) is 16.3. The normalized spacial score (nSPS) is 9.43. The van der Waals surface area contributed by atoms with Gasteiger partial charge in [0.1, 0.15) is 0 Å². The van der Waals surface area contributed by atoms with Crippen molar-refractivity contribution in [2.45, 2.75) is 46.0 Å². The predicted octanol–water partition coefficient (Wildman–Crippen LogP) is 1.47. The molecule has 0 aliphatic rings. The molecule has 0 atom stereocenters. The Labute approximate surface area is 89.6 Å². The molecule has 3 heteroatoms. The van der Waals surface area contributed by atoms with Gasteiger partial charge in [-0.05, 0) is 45.4 Å². The van der Waals surface area contributed by atoms with Crippen molar-refractivity contribution in [3.05, 3.63) is 0 Å². The summed E-state index contributed by atoms with van der Waals surface area (Å²) in [6, 6.07) is 0. The Kier molecular flexibility index (Phi) is 21.7. The van der Waals surface area contributed by atoms with Crippen LogP contribution in [0.5, 0.6) is 0 Å². The number of hydrogen-bond acceptors (Lipinski definition) is 3. The van der Waals surface area contributed by atoms with Crippen LogP contribution in [0.4, 0.5) is 0 Å². The molecule has 0 saturated heterocycles. The van der Waals surface area contributed by atoms with Crippen LogP contribution in [-0.2, 0) is 0 Å². The summed E-state index contributed by atoms with van der Waals surface area (Å²) in [5.41, 5.74) is 10.1. The fourth-order valence-electron chi connectivity index (χ4n) is 0.846. The maximum absolute atomic E-state index is 5.06. The second kappa shape index (κ2) is 18.6. The number of hydrogen-bond donors (Lipinski definition) is 3. The van der Waals surface area contributed by atoms with E-state index in [1.54, 1.807) is 0 Å². The monoisotopic (exact) mass is 203 g/mol. The third-order valence-electron chi connectivity index (χ3n) is 1.82. The molecule has 3 nitrogen and oxygen atoms in total. The smallest absolute Gasteiger partial charge is 0.00490 e. The molecule has 0 unspecified atom stereocenters. The highest BCUT2D eigenvalue weighted by Gasteiger charge is 1.83. The molecule has 0 rings (SSSR count). The average molecular weight is 203 g/mol. The Morgan fingerprint density at radius 3 is 1.43 bits per heavy atom. The van der Waals surface area contributed by atoms with E-state index in [4.69, 9.17) is 11.5 Å². The van der Waals surface area contributed by atoms with Crippen LogP contribution in [0, 0.1) is 0 Å². The molecule has 5 N–H and O–H groups in total. The number of unbranched alkanes of at least 4 members (excludes halogenated alkanes) is 2. The van der Waals surface area contributed by atoms with Crippen molar-refractivity contribution in [3.63, 3.8) is 0 Å². The predicted molar refractivity (Wildman–Crippen MR) is 65.4 cm³/mol. The van der Waals surface area contributed by atoms with Gasteiger partial charge in [0.2, 0.25) is 0 Å². The Hall–Kier alpha value is -0.120. The topological polar surface area (TPSA) is 64.1 Å². The van der Waals surface area contributed by atoms with Crippen LogP contribution in [0.25, 0.3) is 0 Å². The third kappa shape index (κ3) is 22.6. The maximum atomic E-state index is 5.06. The molecule has 0 aromatic carbocycles. The van der Waals surface area contributed by atoms with E-state index in [0.717, 1.165) is 19.5 Å². The lowest BCUT2D eigenvalue weighted by Gasteiger charge is -1.99. The highest BCUT2D eigenvalue weighted by atomic mass is 14.8. The summed E-state index contributed by atoms with van der Waals surface area (Å²) in [5, 5.41) is 3.39. The molecule has 0 fully saturated rings. The third-order valence-corrected chi connectivity index (χ3v) is 1.82. The molecule has 0 spiro atoms. The van der Waals surface area contributed by atoms with Crippen LogP contribution >= 0.6 is 0 Å². The van der Waals surface area contributed by atoms with Crippen LogP contribution in [0.1, 0.15) is 46.0 Å². The van der Waals surface area contributed by atoms with Crippen LogP contribution in [0.15, 0.2) is 0 Å². The second-order valence-electron chi connectivity index (χ2n) is 3.39. The first-order chi connectivity index (χ1) is 6.83. The summed E-state index contributed by atoms with van der Waals surface area (Å²) in [6.45, 7) is 8.29. The molecule has 0 radical (unpaired) electrons. The Bertz CT molecular complexity index is 68.9. The number of nitrogens with two attached hydrogens (primary N) is 2. The van der Waals surface area contributed by atoms with E-state index < -0.39 is 0 Å². The highest BCUT2D eigenvalue weighted by Crippen LogP contribution is 1.85. The molecule has 0 heterocycles. The van der Waals surface area contributed by atoms with Gasteiger partial charge in [-0.1, -0.05) is 26.7 Å². The van der Waals surface area contributed by atoms with E-state index in [-0.39, 0.29) is 0 Å². The van der Waals surface area contributed by atoms with Crippen molar-refractivity contribution in [3.8, 4) is 0 Å². The first-order valence-corrected chi connectivity index (χ1v) is 5.94. The van der Waals surface area contributed by atoms with E-state index in [1.165, 1.54) is 38.8 Å². The standard InChI is InChI=1S/C8H19N.C3H10N2/c1-3-5-7-9-8-6-4-2;4-2-1-3-5/h9H,3-8H2,1-2H3;1-5H2. The lowest BCUT2D eigenvalue weighted by atomic mass is 10.3. The van der Waals surface area contributed by atoms with Crippen molar-refractivity contribution in [2.24, 2.45) is 11.5 Å². The Morgan fingerprint density at radius 1 is 0.786 bits per heavy atom. The van der Waals surface area contributed by atoms with Gasteiger partial charge in [0.05, 0.1) is 0 Å². The molecule has 0 amide bonds. The van der Waals surface area contributed by atoms with E-state index in [0.29, 0.717) is 0 Å². The largest absolute Gasteiger partial charge is 0.330 e. The van der Waals surface area contributed by atoms with Gasteiger partial charge in [0, 0.05) is 0 Å². The van der Waals surface area contributed by atoms with Gasteiger partial charge in [-0.3, -0.25) is 0 Å². The quantitative estimate of drug-likeness (QED) is 0.523. The molecular weight excluding hydrogens is 174 g/mol. The SMILES string of the molecule is CCCCNCCCC.NCCCN. The fourth-order valence-corrected chi connectivity index (χ4v) is 0.846.